The molecule has 0 bridgehead atoms. The molecule has 9 heteroatoms. The van der Waals surface area contributed by atoms with E-state index in [9.17, 15) is 13.0 Å². The van der Waals surface area contributed by atoms with Gasteiger partial charge in [0.05, 0.1) is 42.4 Å². The topological polar surface area (TPSA) is 94.1 Å². The van der Waals surface area contributed by atoms with Gasteiger partial charge in [-0.25, -0.2) is 8.42 Å². The van der Waals surface area contributed by atoms with Crippen LogP contribution in [0.25, 0.3) is 0 Å². The minimum absolute atomic E-state index is 0. The summed E-state index contributed by atoms with van der Waals surface area (Å²) in [5.74, 6) is 0. The van der Waals surface area contributed by atoms with Crippen LogP contribution in [0.3, 0.4) is 0 Å². The van der Waals surface area contributed by atoms with E-state index in [1.165, 1.54) is 0 Å². The van der Waals surface area contributed by atoms with E-state index in [1.54, 1.807) is 0 Å². The fourth-order valence-corrected chi connectivity index (χ4v) is 1.25. The van der Waals surface area contributed by atoms with Crippen LogP contribution in [0.4, 0.5) is 0 Å². The van der Waals surface area contributed by atoms with Crippen molar-refractivity contribution in [1.82, 2.24) is 0 Å². The number of hydrogen-bond acceptors (Lipinski definition) is 7. The third-order valence-corrected chi connectivity index (χ3v) is 2.30. The van der Waals surface area contributed by atoms with Gasteiger partial charge < -0.3 is 18.8 Å². The van der Waals surface area contributed by atoms with Gasteiger partial charge in [0, 0.05) is 38.1 Å². The maximum absolute atomic E-state index is 10.3. The number of hydrogen-bond donors (Lipinski definition) is 0. The summed E-state index contributed by atoms with van der Waals surface area (Å²) < 4.78 is 247. The molecule has 0 heterocycles. The van der Waals surface area contributed by atoms with Crippen molar-refractivity contribution in [3.8, 4) is 0 Å². The molecule has 0 N–H and O–H groups in total. The first kappa shape index (κ1) is 7.71. The zero-order valence-electron chi connectivity index (χ0n) is 39.5. The van der Waals surface area contributed by atoms with Gasteiger partial charge >= 0.3 is 29.6 Å². The molecule has 0 radical (unpaired) electrons. The maximum Gasteiger partial charge on any atom is 1.00 e. The van der Waals surface area contributed by atoms with Gasteiger partial charge in [-0.2, -0.15) is 0 Å². The molecule has 0 aliphatic rings. The van der Waals surface area contributed by atoms with Crippen LogP contribution < -0.4 is 29.6 Å². The Balaban J connectivity index is 0. The molecule has 0 aliphatic carbocycles. The zero-order chi connectivity index (χ0) is 41.6. The Hall–Kier alpha value is 0.750. The van der Waals surface area contributed by atoms with Crippen molar-refractivity contribution in [2.45, 2.75) is 70.6 Å². The van der Waals surface area contributed by atoms with Crippen LogP contribution in [-0.2, 0) is 28.8 Å². The Morgan fingerprint density at radius 1 is 0.741 bits per heavy atom. The van der Waals surface area contributed by atoms with Crippen LogP contribution in [0.15, 0.2) is 0 Å². The third-order valence-electron chi connectivity index (χ3n) is 1.84. The van der Waals surface area contributed by atoms with Crippen molar-refractivity contribution in [2.24, 2.45) is 0 Å². The molecule has 0 atom stereocenters. The molecular weight excluding hydrogens is 383 g/mol. The van der Waals surface area contributed by atoms with Gasteiger partial charge in [0.15, 0.2) is 0 Å². The van der Waals surface area contributed by atoms with Crippen LogP contribution in [0.1, 0.15) is 105 Å². The maximum atomic E-state index is 10.3. The van der Waals surface area contributed by atoms with Crippen molar-refractivity contribution in [3.05, 3.63) is 0 Å². The molecule has 0 unspecified atom stereocenters. The van der Waals surface area contributed by atoms with E-state index in [1.807, 2.05) is 0 Å². The van der Waals surface area contributed by atoms with Crippen LogP contribution in [-0.4, -0.2) is 59.2 Å². The SMILES string of the molecule is [2H]C([2H])([2H])C([2H])([2H])C([2H])([2H])C([2H])([2H])C([2H])([2H])C([2H])([2H])C([2H])([2H])C([2H])([2H])C([2H])([2H])C([2H])([2H])C([2H])([2H])C([2H])([2H])OCCOCCOCCOS(=O)(=O)[O-].[Na+]. The molecule has 27 heavy (non-hydrogen) atoms. The standard InChI is InChI=1S/C18H38O7S.Na/c1-2-3-4-5-6-7-8-9-10-11-12-22-13-14-23-15-16-24-17-18-25-26(19,20)21;/h2-18H2,1H3,(H,19,20,21);/q;+1/p-1/i1D3,2D2,3D2,4D2,5D2,6D2,7D2,8D2,9D2,10D2,11D2,12D2;. The molecule has 0 amide bonds. The fourth-order valence-electron chi connectivity index (χ4n) is 0.980. The van der Waals surface area contributed by atoms with Gasteiger partial charge in [0.1, 0.15) is 0 Å². The van der Waals surface area contributed by atoms with Crippen molar-refractivity contribution in [1.29, 1.82) is 0 Å². The summed E-state index contributed by atoms with van der Waals surface area (Å²) in [7, 11) is -4.94. The van der Waals surface area contributed by atoms with Crippen molar-refractivity contribution in [2.75, 3.05) is 46.2 Å². The average molecular weight is 446 g/mol. The van der Waals surface area contributed by atoms with Gasteiger partial charge in [-0.1, -0.05) is 64.2 Å². The summed E-state index contributed by atoms with van der Waals surface area (Å²) in [6, 6.07) is 0. The molecule has 0 spiro atoms. The predicted octanol–water partition coefficient (Wildman–Crippen LogP) is 0.438. The second kappa shape index (κ2) is 23.0. The molecule has 0 aromatic carbocycles. The first-order valence-corrected chi connectivity index (χ1v) is 8.19. The van der Waals surface area contributed by atoms with E-state index in [2.05, 4.69) is 8.92 Å². The van der Waals surface area contributed by atoms with Gasteiger partial charge in [-0.3, -0.25) is 4.18 Å². The Morgan fingerprint density at radius 3 is 1.70 bits per heavy atom. The minimum Gasteiger partial charge on any atom is -0.726 e. The normalized spacial score (nSPS) is 31.5. The molecule has 0 saturated heterocycles. The molecule has 0 aliphatic heterocycles. The number of ether oxygens (including phenoxy) is 3. The number of rotatable bonds is 21. The van der Waals surface area contributed by atoms with E-state index in [0.717, 1.165) is 0 Å². The Labute approximate surface area is 223 Å². The van der Waals surface area contributed by atoms with Crippen LogP contribution in [0, 0.1) is 0 Å². The summed E-state index contributed by atoms with van der Waals surface area (Å²) in [5, 5.41) is 0. The predicted molar refractivity (Wildman–Crippen MR) is 100.0 cm³/mol. The summed E-state index contributed by atoms with van der Waals surface area (Å²) in [6.45, 7) is -10.9. The molecule has 0 aromatic rings. The molecule has 0 fully saturated rings. The Kier molecular flexibility index (Phi) is 6.58. The molecule has 158 valence electrons. The van der Waals surface area contributed by atoms with E-state index in [4.69, 9.17) is 43.7 Å². The van der Waals surface area contributed by atoms with E-state index in [0.29, 0.717) is 0 Å². The van der Waals surface area contributed by atoms with Crippen molar-refractivity contribution in [3.63, 3.8) is 0 Å². The summed E-state index contributed by atoms with van der Waals surface area (Å²) >= 11 is 0. The summed E-state index contributed by atoms with van der Waals surface area (Å²) in [6.07, 6.45) is -46.7. The molecule has 0 rings (SSSR count). The van der Waals surface area contributed by atoms with E-state index >= 15 is 0 Å². The second-order valence-electron chi connectivity index (χ2n) is 3.66. The van der Waals surface area contributed by atoms with E-state index in [-0.39, 0.29) is 49.4 Å². The fraction of sp³-hybridized carbons (Fsp3) is 1.00. The van der Waals surface area contributed by atoms with Gasteiger partial charge in [0.2, 0.25) is 10.4 Å². The summed E-state index contributed by atoms with van der Waals surface area (Å²) in [5.41, 5.74) is 0. The van der Waals surface area contributed by atoms with Gasteiger partial charge in [-0.15, -0.1) is 0 Å². The molecular formula is C18H37NaO7S. The van der Waals surface area contributed by atoms with Crippen LogP contribution >= 0.6 is 0 Å². The second-order valence-corrected chi connectivity index (χ2v) is 4.71. The quantitative estimate of drug-likeness (QED) is 0.109. The van der Waals surface area contributed by atoms with Gasteiger partial charge in [-0.05, 0) is 6.37 Å². The monoisotopic (exact) mass is 445 g/mol. The van der Waals surface area contributed by atoms with Crippen molar-refractivity contribution < 1.29 is 95.2 Å². The van der Waals surface area contributed by atoms with E-state index < -0.39 is 107 Å². The van der Waals surface area contributed by atoms with Gasteiger partial charge in [0.25, 0.3) is 0 Å². The first-order chi connectivity index (χ1) is 22.0. The van der Waals surface area contributed by atoms with Crippen molar-refractivity contribution >= 4 is 10.4 Å². The zero-order valence-corrected chi connectivity index (χ0v) is 17.3. The Bertz CT molecular complexity index is 1290. The third kappa shape index (κ3) is 29.1. The molecule has 0 saturated carbocycles. The average Bonchev–Trinajstić information content (AvgIpc) is 2.91. The molecule has 7 nitrogen and oxygen atoms in total. The van der Waals surface area contributed by atoms with Crippen LogP contribution in [0.2, 0.25) is 0 Å². The Morgan fingerprint density at radius 2 is 1.19 bits per heavy atom. The molecule has 0 aromatic heterocycles. The largest absolute Gasteiger partial charge is 1.00 e. The van der Waals surface area contributed by atoms with Crippen LogP contribution in [0.5, 0.6) is 0 Å². The summed E-state index contributed by atoms with van der Waals surface area (Å²) in [4.78, 5) is 0. The first-order valence-electron chi connectivity index (χ1n) is 19.4. The minimum atomic E-state index is -4.94. The smallest absolute Gasteiger partial charge is 0.726 e.